The van der Waals surface area contributed by atoms with Crippen LogP contribution < -0.4 is 10.6 Å². The van der Waals surface area contributed by atoms with Gasteiger partial charge in [0.05, 0.1) is 17.3 Å². The smallest absolute Gasteiger partial charge is 0.256 e. The summed E-state index contributed by atoms with van der Waals surface area (Å²) >= 11 is 1.57. The maximum Gasteiger partial charge on any atom is 0.256 e. The number of anilines is 1. The number of carbonyl (C=O) groups excluding carboxylic acids is 3. The Bertz CT molecular complexity index is 1190. The zero-order valence-corrected chi connectivity index (χ0v) is 17.1. The molecule has 6 nitrogen and oxygen atoms in total. The summed E-state index contributed by atoms with van der Waals surface area (Å²) in [7, 11) is 0. The number of benzene rings is 2. The molecule has 0 aliphatic carbocycles. The van der Waals surface area contributed by atoms with Gasteiger partial charge < -0.3 is 15.5 Å². The monoisotopic (exact) mass is 435 g/mol. The molecule has 3 heterocycles. The normalized spacial score (nSPS) is 20.0. The van der Waals surface area contributed by atoms with E-state index in [-0.39, 0.29) is 17.4 Å². The Labute approximate surface area is 181 Å². The summed E-state index contributed by atoms with van der Waals surface area (Å²) in [5.74, 6) is -1.59. The van der Waals surface area contributed by atoms with Crippen molar-refractivity contribution in [1.82, 2.24) is 10.2 Å². The van der Waals surface area contributed by atoms with E-state index in [4.69, 9.17) is 0 Å². The Morgan fingerprint density at radius 2 is 2.00 bits per heavy atom. The van der Waals surface area contributed by atoms with Crippen molar-refractivity contribution in [3.05, 3.63) is 76.9 Å². The summed E-state index contributed by atoms with van der Waals surface area (Å²) in [5.41, 5.74) is 1.96. The average molecular weight is 435 g/mol. The molecular weight excluding hydrogens is 417 g/mol. The molecule has 31 heavy (non-hydrogen) atoms. The molecule has 0 radical (unpaired) electrons. The van der Waals surface area contributed by atoms with Crippen molar-refractivity contribution < 1.29 is 18.8 Å². The molecule has 156 valence electrons. The predicted molar refractivity (Wildman–Crippen MR) is 115 cm³/mol. The van der Waals surface area contributed by atoms with E-state index in [0.29, 0.717) is 24.2 Å². The second-order valence-corrected chi connectivity index (χ2v) is 8.50. The molecule has 1 fully saturated rings. The maximum absolute atomic E-state index is 13.5. The zero-order valence-electron chi connectivity index (χ0n) is 16.3. The molecule has 8 heteroatoms. The van der Waals surface area contributed by atoms with E-state index >= 15 is 0 Å². The van der Waals surface area contributed by atoms with Gasteiger partial charge in [-0.3, -0.25) is 14.4 Å². The number of thiophene rings is 1. The molecule has 0 spiro atoms. The van der Waals surface area contributed by atoms with Crippen LogP contribution in [-0.2, 0) is 4.79 Å². The number of rotatable bonds is 3. The van der Waals surface area contributed by atoms with E-state index in [1.807, 2.05) is 23.6 Å². The van der Waals surface area contributed by atoms with E-state index in [1.165, 1.54) is 23.1 Å². The fraction of sp³-hybridized carbons (Fsp3) is 0.174. The summed E-state index contributed by atoms with van der Waals surface area (Å²) in [4.78, 5) is 41.4. The zero-order chi connectivity index (χ0) is 21.5. The SMILES string of the molecule is O=C(NC1CCN2C(=O)c3cc(-c4cccs4)ccc3NC(=O)C12)c1cccc(F)c1. The second kappa shape index (κ2) is 7.63. The number of carbonyl (C=O) groups is 3. The quantitative estimate of drug-likeness (QED) is 0.661. The molecular formula is C23H18FN3O3S. The van der Waals surface area contributed by atoms with Gasteiger partial charge in [0.2, 0.25) is 5.91 Å². The van der Waals surface area contributed by atoms with Gasteiger partial charge in [0.1, 0.15) is 11.9 Å². The number of nitrogens with one attached hydrogen (secondary N) is 2. The lowest BCUT2D eigenvalue weighted by Crippen LogP contribution is -2.51. The molecule has 3 aromatic rings. The molecule has 3 amide bonds. The van der Waals surface area contributed by atoms with Gasteiger partial charge in [0, 0.05) is 17.0 Å². The predicted octanol–water partition coefficient (Wildman–Crippen LogP) is 3.52. The second-order valence-electron chi connectivity index (χ2n) is 7.55. The van der Waals surface area contributed by atoms with Crippen molar-refractivity contribution in [3.63, 3.8) is 0 Å². The molecule has 2 aliphatic heterocycles. The maximum atomic E-state index is 13.5. The average Bonchev–Trinajstić information content (AvgIpc) is 3.42. The topological polar surface area (TPSA) is 78.5 Å². The molecule has 1 aromatic heterocycles. The molecule has 2 unspecified atom stereocenters. The van der Waals surface area contributed by atoms with Crippen LogP contribution in [0.3, 0.4) is 0 Å². The van der Waals surface area contributed by atoms with Gasteiger partial charge in [0.25, 0.3) is 11.8 Å². The third-order valence-electron chi connectivity index (χ3n) is 5.64. The number of amides is 3. The summed E-state index contributed by atoms with van der Waals surface area (Å²) in [6.45, 7) is 0.341. The lowest BCUT2D eigenvalue weighted by molar-refractivity contribution is -0.120. The molecule has 2 N–H and O–H groups in total. The van der Waals surface area contributed by atoms with Crippen LogP contribution in [0.2, 0.25) is 0 Å². The van der Waals surface area contributed by atoms with Crippen molar-refractivity contribution in [2.24, 2.45) is 0 Å². The third-order valence-corrected chi connectivity index (χ3v) is 6.56. The van der Waals surface area contributed by atoms with Crippen molar-refractivity contribution >= 4 is 34.7 Å². The van der Waals surface area contributed by atoms with E-state index in [0.717, 1.165) is 16.5 Å². The van der Waals surface area contributed by atoms with E-state index in [9.17, 15) is 18.8 Å². The fourth-order valence-corrected chi connectivity index (χ4v) is 4.89. The summed E-state index contributed by atoms with van der Waals surface area (Å²) in [6.07, 6.45) is 0.435. The highest BCUT2D eigenvalue weighted by atomic mass is 32.1. The van der Waals surface area contributed by atoms with Crippen LogP contribution in [0.15, 0.2) is 60.0 Å². The van der Waals surface area contributed by atoms with Crippen molar-refractivity contribution in [3.8, 4) is 10.4 Å². The van der Waals surface area contributed by atoms with Gasteiger partial charge in [-0.25, -0.2) is 4.39 Å². The first-order valence-electron chi connectivity index (χ1n) is 9.87. The third kappa shape index (κ3) is 3.48. The number of hydrogen-bond acceptors (Lipinski definition) is 4. The summed E-state index contributed by atoms with van der Waals surface area (Å²) in [5, 5.41) is 7.61. The van der Waals surface area contributed by atoms with Gasteiger partial charge >= 0.3 is 0 Å². The minimum Gasteiger partial charge on any atom is -0.347 e. The molecule has 2 atom stereocenters. The minimum atomic E-state index is -0.831. The lowest BCUT2D eigenvalue weighted by atomic mass is 10.1. The number of hydrogen-bond donors (Lipinski definition) is 2. The Morgan fingerprint density at radius 3 is 2.77 bits per heavy atom. The summed E-state index contributed by atoms with van der Waals surface area (Å²) < 4.78 is 13.5. The molecule has 0 saturated carbocycles. The Kier molecular flexibility index (Phi) is 4.78. The largest absolute Gasteiger partial charge is 0.347 e. The van der Waals surface area contributed by atoms with Crippen LogP contribution in [0.4, 0.5) is 10.1 Å². The highest BCUT2D eigenvalue weighted by Crippen LogP contribution is 2.33. The molecule has 1 saturated heterocycles. The molecule has 0 bridgehead atoms. The molecule has 2 aromatic carbocycles. The van der Waals surface area contributed by atoms with Crippen LogP contribution in [0.5, 0.6) is 0 Å². The van der Waals surface area contributed by atoms with Gasteiger partial charge in [-0.1, -0.05) is 18.2 Å². The standard InChI is InChI=1S/C23H18FN3O3S/c24-15-4-1-3-14(11-15)21(28)26-18-8-9-27-20(18)22(29)25-17-7-6-13(12-16(17)23(27)30)19-5-2-10-31-19/h1-7,10-12,18,20H,8-9H2,(H,25,29)(H,26,28). The fourth-order valence-electron chi connectivity index (χ4n) is 4.16. The van der Waals surface area contributed by atoms with E-state index < -0.39 is 23.8 Å². The van der Waals surface area contributed by atoms with Gasteiger partial charge in [-0.05, 0) is 53.8 Å². The number of halogens is 1. The van der Waals surface area contributed by atoms with Gasteiger partial charge in [-0.2, -0.15) is 0 Å². The van der Waals surface area contributed by atoms with E-state index in [2.05, 4.69) is 10.6 Å². The highest BCUT2D eigenvalue weighted by Gasteiger charge is 2.45. The van der Waals surface area contributed by atoms with E-state index in [1.54, 1.807) is 23.5 Å². The van der Waals surface area contributed by atoms with Crippen LogP contribution in [0.25, 0.3) is 10.4 Å². The molecule has 5 rings (SSSR count). The summed E-state index contributed by atoms with van der Waals surface area (Å²) in [6, 6.07) is 13.3. The number of nitrogens with zero attached hydrogens (tertiary/aromatic N) is 1. The van der Waals surface area contributed by atoms with Crippen molar-refractivity contribution in [1.29, 1.82) is 0 Å². The van der Waals surface area contributed by atoms with Crippen molar-refractivity contribution in [2.75, 3.05) is 11.9 Å². The number of fused-ring (bicyclic) bond motifs is 2. The minimum absolute atomic E-state index is 0.169. The van der Waals surface area contributed by atoms with Crippen molar-refractivity contribution in [2.45, 2.75) is 18.5 Å². The lowest BCUT2D eigenvalue weighted by Gasteiger charge is -2.25. The van der Waals surface area contributed by atoms with Crippen LogP contribution in [-0.4, -0.2) is 41.2 Å². The first kappa shape index (κ1) is 19.4. The first-order chi connectivity index (χ1) is 15.0. The molecule has 2 aliphatic rings. The highest BCUT2D eigenvalue weighted by molar-refractivity contribution is 7.13. The van der Waals surface area contributed by atoms with Gasteiger partial charge in [0.15, 0.2) is 0 Å². The Hall–Kier alpha value is -3.52. The van der Waals surface area contributed by atoms with Crippen LogP contribution in [0.1, 0.15) is 27.1 Å². The Morgan fingerprint density at radius 1 is 1.13 bits per heavy atom. The first-order valence-corrected chi connectivity index (χ1v) is 10.8. The van der Waals surface area contributed by atoms with Crippen LogP contribution in [0, 0.1) is 5.82 Å². The Balaban J connectivity index is 1.42. The van der Waals surface area contributed by atoms with Gasteiger partial charge in [-0.15, -0.1) is 11.3 Å². The van der Waals surface area contributed by atoms with Crippen LogP contribution >= 0.6 is 11.3 Å².